The van der Waals surface area contributed by atoms with Gasteiger partial charge >= 0.3 is 6.09 Å². The Morgan fingerprint density at radius 1 is 1.39 bits per heavy atom. The lowest BCUT2D eigenvalue weighted by Gasteiger charge is -2.40. The minimum atomic E-state index is -0.432. The summed E-state index contributed by atoms with van der Waals surface area (Å²) in [6.45, 7) is 7.03. The first kappa shape index (κ1) is 13.2. The van der Waals surface area contributed by atoms with Gasteiger partial charge in [-0.05, 0) is 38.5 Å². The van der Waals surface area contributed by atoms with E-state index in [2.05, 4.69) is 0 Å². The molecule has 0 atom stereocenters. The molecule has 1 aromatic carbocycles. The fourth-order valence-electron chi connectivity index (χ4n) is 1.93. The highest BCUT2D eigenvalue weighted by Gasteiger charge is 2.34. The zero-order chi connectivity index (χ0) is 13.3. The summed E-state index contributed by atoms with van der Waals surface area (Å²) < 4.78 is 5.31. The van der Waals surface area contributed by atoms with Crippen molar-refractivity contribution in [2.24, 2.45) is 0 Å². The van der Waals surface area contributed by atoms with Crippen molar-refractivity contribution >= 4 is 17.7 Å². The maximum Gasteiger partial charge on any atom is 0.410 e. The Balaban J connectivity index is 1.89. The predicted molar refractivity (Wildman–Crippen MR) is 72.0 cm³/mol. The molecule has 0 N–H and O–H groups in total. The van der Waals surface area contributed by atoms with Gasteiger partial charge in [0, 0.05) is 24.0 Å². The van der Waals surface area contributed by atoms with Crippen LogP contribution in [0.15, 0.2) is 24.3 Å². The zero-order valence-electron chi connectivity index (χ0n) is 10.9. The van der Waals surface area contributed by atoms with Crippen molar-refractivity contribution in [1.82, 2.24) is 4.90 Å². The normalized spacial score (nSPS) is 16.3. The van der Waals surface area contributed by atoms with Gasteiger partial charge < -0.3 is 9.64 Å². The highest BCUT2D eigenvalue weighted by molar-refractivity contribution is 6.30. The van der Waals surface area contributed by atoms with Crippen LogP contribution in [0.3, 0.4) is 0 Å². The highest BCUT2D eigenvalue weighted by Crippen LogP contribution is 2.29. The summed E-state index contributed by atoms with van der Waals surface area (Å²) in [7, 11) is 0. The molecule has 1 aliphatic heterocycles. The van der Waals surface area contributed by atoms with Gasteiger partial charge in [0.15, 0.2) is 0 Å². The number of rotatable bonds is 1. The number of hydrogen-bond acceptors (Lipinski definition) is 2. The second-order valence-electron chi connectivity index (χ2n) is 5.64. The van der Waals surface area contributed by atoms with Crippen LogP contribution < -0.4 is 0 Å². The van der Waals surface area contributed by atoms with Crippen molar-refractivity contribution in [2.45, 2.75) is 32.3 Å². The van der Waals surface area contributed by atoms with E-state index in [0.29, 0.717) is 19.0 Å². The molecule has 1 amide bonds. The molecule has 0 radical (unpaired) electrons. The summed E-state index contributed by atoms with van der Waals surface area (Å²) in [4.78, 5) is 13.5. The topological polar surface area (TPSA) is 29.5 Å². The van der Waals surface area contributed by atoms with E-state index >= 15 is 0 Å². The molecule has 0 aromatic heterocycles. The number of hydrogen-bond donors (Lipinski definition) is 0. The van der Waals surface area contributed by atoms with Crippen LogP contribution in [-0.2, 0) is 4.74 Å². The van der Waals surface area contributed by atoms with Crippen LogP contribution in [0.25, 0.3) is 0 Å². The van der Waals surface area contributed by atoms with E-state index in [-0.39, 0.29) is 6.09 Å². The van der Waals surface area contributed by atoms with Crippen LogP contribution in [0.4, 0.5) is 4.79 Å². The summed E-state index contributed by atoms with van der Waals surface area (Å²) >= 11 is 5.95. The molecule has 0 bridgehead atoms. The molecule has 1 aromatic rings. The van der Waals surface area contributed by atoms with Gasteiger partial charge in [-0.2, -0.15) is 0 Å². The van der Waals surface area contributed by atoms with Crippen molar-refractivity contribution < 1.29 is 9.53 Å². The lowest BCUT2D eigenvalue weighted by molar-refractivity contribution is 0.00820. The van der Waals surface area contributed by atoms with Gasteiger partial charge in [0.05, 0.1) is 0 Å². The molecule has 3 nitrogen and oxygen atoms in total. The minimum absolute atomic E-state index is 0.235. The van der Waals surface area contributed by atoms with E-state index in [1.807, 2.05) is 45.0 Å². The molecule has 1 aliphatic rings. The summed E-state index contributed by atoms with van der Waals surface area (Å²) in [6, 6.07) is 7.80. The first-order chi connectivity index (χ1) is 8.35. The molecule has 2 rings (SSSR count). The van der Waals surface area contributed by atoms with Crippen LogP contribution in [0.1, 0.15) is 32.3 Å². The number of benzene rings is 1. The van der Waals surface area contributed by atoms with Crippen molar-refractivity contribution in [3.05, 3.63) is 34.9 Å². The third kappa shape index (κ3) is 3.16. The standard InChI is InChI=1S/C14H18ClNO2/c1-14(2,3)18-13(17)16-8-11(9-16)10-5-4-6-12(15)7-10/h4-7,11H,8-9H2,1-3H3. The molecule has 0 unspecified atom stereocenters. The summed E-state index contributed by atoms with van der Waals surface area (Å²) in [5.41, 5.74) is 0.750. The van der Waals surface area contributed by atoms with Gasteiger partial charge in [-0.25, -0.2) is 4.79 Å². The lowest BCUT2D eigenvalue weighted by Crippen LogP contribution is -2.50. The molecule has 0 aliphatic carbocycles. The van der Waals surface area contributed by atoms with Crippen LogP contribution in [0, 0.1) is 0 Å². The molecular formula is C14H18ClNO2. The first-order valence-electron chi connectivity index (χ1n) is 6.08. The highest BCUT2D eigenvalue weighted by atomic mass is 35.5. The largest absolute Gasteiger partial charge is 0.444 e. The molecule has 0 saturated carbocycles. The Hall–Kier alpha value is -1.22. The van der Waals surface area contributed by atoms with E-state index in [4.69, 9.17) is 16.3 Å². The lowest BCUT2D eigenvalue weighted by atomic mass is 9.92. The van der Waals surface area contributed by atoms with Crippen LogP contribution in [0.5, 0.6) is 0 Å². The van der Waals surface area contributed by atoms with Crippen molar-refractivity contribution in [1.29, 1.82) is 0 Å². The van der Waals surface area contributed by atoms with Crippen LogP contribution in [0.2, 0.25) is 5.02 Å². The summed E-state index contributed by atoms with van der Waals surface area (Å²) in [6.07, 6.45) is -0.235. The Bertz CT molecular complexity index is 447. The molecule has 4 heteroatoms. The molecule has 1 heterocycles. The minimum Gasteiger partial charge on any atom is -0.444 e. The number of carbonyl (C=O) groups excluding carboxylic acids is 1. The fourth-order valence-corrected chi connectivity index (χ4v) is 2.12. The average molecular weight is 268 g/mol. The smallest absolute Gasteiger partial charge is 0.410 e. The fraction of sp³-hybridized carbons (Fsp3) is 0.500. The van der Waals surface area contributed by atoms with Crippen molar-refractivity contribution in [2.75, 3.05) is 13.1 Å². The second-order valence-corrected chi connectivity index (χ2v) is 6.07. The number of likely N-dealkylation sites (tertiary alicyclic amines) is 1. The van der Waals surface area contributed by atoms with Gasteiger partial charge in [0.25, 0.3) is 0 Å². The number of halogens is 1. The molecular weight excluding hydrogens is 250 g/mol. The number of ether oxygens (including phenoxy) is 1. The zero-order valence-corrected chi connectivity index (χ0v) is 11.7. The number of amides is 1. The van der Waals surface area contributed by atoms with Crippen molar-refractivity contribution in [3.63, 3.8) is 0 Å². The Morgan fingerprint density at radius 2 is 2.06 bits per heavy atom. The third-order valence-electron chi connectivity index (χ3n) is 2.85. The predicted octanol–water partition coefficient (Wildman–Crippen LogP) is 3.67. The molecule has 18 heavy (non-hydrogen) atoms. The number of carbonyl (C=O) groups is 1. The van der Waals surface area contributed by atoms with E-state index in [9.17, 15) is 4.79 Å². The SMILES string of the molecule is CC(C)(C)OC(=O)N1CC(c2cccc(Cl)c2)C1. The van der Waals surface area contributed by atoms with Gasteiger partial charge in [-0.3, -0.25) is 0 Å². The van der Waals surface area contributed by atoms with Gasteiger partial charge in [0.1, 0.15) is 5.60 Å². The van der Waals surface area contributed by atoms with E-state index in [1.165, 1.54) is 5.56 Å². The molecule has 1 saturated heterocycles. The van der Waals surface area contributed by atoms with Gasteiger partial charge in [-0.1, -0.05) is 23.7 Å². The Kier molecular flexibility index (Phi) is 3.53. The van der Waals surface area contributed by atoms with Crippen LogP contribution >= 0.6 is 11.6 Å². The van der Waals surface area contributed by atoms with E-state index in [1.54, 1.807) is 4.90 Å². The average Bonchev–Trinajstić information content (AvgIpc) is 2.11. The maximum atomic E-state index is 11.8. The van der Waals surface area contributed by atoms with Crippen molar-refractivity contribution in [3.8, 4) is 0 Å². The molecule has 1 fully saturated rings. The van der Waals surface area contributed by atoms with Gasteiger partial charge in [-0.15, -0.1) is 0 Å². The number of nitrogens with zero attached hydrogens (tertiary/aromatic N) is 1. The van der Waals surface area contributed by atoms with E-state index < -0.39 is 5.60 Å². The van der Waals surface area contributed by atoms with Gasteiger partial charge in [0.2, 0.25) is 0 Å². The first-order valence-corrected chi connectivity index (χ1v) is 6.46. The molecule has 98 valence electrons. The quantitative estimate of drug-likeness (QED) is 0.777. The molecule has 0 spiro atoms. The monoisotopic (exact) mass is 267 g/mol. The maximum absolute atomic E-state index is 11.8. The summed E-state index contributed by atoms with van der Waals surface area (Å²) in [5.74, 6) is 0.371. The third-order valence-corrected chi connectivity index (χ3v) is 3.09. The van der Waals surface area contributed by atoms with E-state index in [0.717, 1.165) is 5.02 Å². The summed E-state index contributed by atoms with van der Waals surface area (Å²) in [5, 5.41) is 0.739. The Morgan fingerprint density at radius 3 is 2.61 bits per heavy atom. The second kappa shape index (κ2) is 4.81. The Labute approximate surface area is 113 Å². The van der Waals surface area contributed by atoms with Crippen LogP contribution in [-0.4, -0.2) is 29.7 Å².